The molecule has 19 heavy (non-hydrogen) atoms. The van der Waals surface area contributed by atoms with E-state index in [-0.39, 0.29) is 18.4 Å². The number of rotatable bonds is 5. The fraction of sp³-hybridized carbons (Fsp3) is 0.429. The molecule has 5 nitrogen and oxygen atoms in total. The van der Waals surface area contributed by atoms with Gasteiger partial charge in [0.15, 0.2) is 0 Å². The molecule has 5 heteroatoms. The Balaban J connectivity index is 2.58. The Morgan fingerprint density at radius 2 is 1.84 bits per heavy atom. The van der Waals surface area contributed by atoms with Crippen LogP contribution in [0.15, 0.2) is 30.3 Å². The van der Waals surface area contributed by atoms with Crippen molar-refractivity contribution in [3.8, 4) is 0 Å². The van der Waals surface area contributed by atoms with Crippen LogP contribution in [0.4, 0.5) is 0 Å². The summed E-state index contributed by atoms with van der Waals surface area (Å²) in [6.45, 7) is 4.84. The highest BCUT2D eigenvalue weighted by Crippen LogP contribution is 2.02. The number of nitrogens with one attached hydrogen (secondary N) is 2. The van der Waals surface area contributed by atoms with Crippen LogP contribution >= 0.6 is 0 Å². The standard InChI is InChI=1S/C14H20N2O3/c1-10(12(18)16-14(2,3)9-17)15-13(19)11-7-5-4-6-8-11/h4-8,10,17H,9H2,1-3H3,(H,15,19)(H,16,18). The molecule has 2 amide bonds. The van der Waals surface area contributed by atoms with E-state index in [1.54, 1.807) is 45.0 Å². The predicted octanol–water partition coefficient (Wildman–Crippen LogP) is 0.692. The zero-order chi connectivity index (χ0) is 14.5. The Kier molecular flexibility index (Phi) is 5.06. The molecule has 0 fully saturated rings. The molecule has 0 aliphatic carbocycles. The van der Waals surface area contributed by atoms with Gasteiger partial charge in [-0.25, -0.2) is 0 Å². The first-order valence-electron chi connectivity index (χ1n) is 6.14. The van der Waals surface area contributed by atoms with Crippen LogP contribution in [0.2, 0.25) is 0 Å². The Bertz CT molecular complexity index is 443. The number of aliphatic hydroxyl groups excluding tert-OH is 1. The highest BCUT2D eigenvalue weighted by molar-refractivity contribution is 5.97. The summed E-state index contributed by atoms with van der Waals surface area (Å²) >= 11 is 0. The number of amides is 2. The van der Waals surface area contributed by atoms with Crippen molar-refractivity contribution in [2.24, 2.45) is 0 Å². The van der Waals surface area contributed by atoms with E-state index < -0.39 is 11.6 Å². The van der Waals surface area contributed by atoms with E-state index in [1.165, 1.54) is 0 Å². The highest BCUT2D eigenvalue weighted by Gasteiger charge is 2.23. The van der Waals surface area contributed by atoms with E-state index in [1.807, 2.05) is 6.07 Å². The van der Waals surface area contributed by atoms with Gasteiger partial charge >= 0.3 is 0 Å². The van der Waals surface area contributed by atoms with Crippen LogP contribution in [0.3, 0.4) is 0 Å². The lowest BCUT2D eigenvalue weighted by atomic mass is 10.1. The van der Waals surface area contributed by atoms with Crippen molar-refractivity contribution in [1.29, 1.82) is 0 Å². The molecule has 1 aromatic carbocycles. The zero-order valence-corrected chi connectivity index (χ0v) is 11.4. The van der Waals surface area contributed by atoms with Gasteiger partial charge in [-0.05, 0) is 32.9 Å². The van der Waals surface area contributed by atoms with Crippen molar-refractivity contribution in [2.45, 2.75) is 32.4 Å². The molecule has 0 saturated heterocycles. The second-order valence-corrected chi connectivity index (χ2v) is 5.09. The van der Waals surface area contributed by atoms with Gasteiger partial charge < -0.3 is 15.7 Å². The quantitative estimate of drug-likeness (QED) is 0.732. The second kappa shape index (κ2) is 6.33. The molecule has 0 aromatic heterocycles. The van der Waals surface area contributed by atoms with Gasteiger partial charge in [-0.3, -0.25) is 9.59 Å². The molecule has 0 heterocycles. The zero-order valence-electron chi connectivity index (χ0n) is 11.4. The summed E-state index contributed by atoms with van der Waals surface area (Å²) in [5, 5.41) is 14.4. The van der Waals surface area contributed by atoms with Gasteiger partial charge in [0.2, 0.25) is 5.91 Å². The van der Waals surface area contributed by atoms with Crippen LogP contribution in [-0.4, -0.2) is 35.1 Å². The van der Waals surface area contributed by atoms with Gasteiger partial charge in [0.1, 0.15) is 6.04 Å². The van der Waals surface area contributed by atoms with Crippen LogP contribution in [-0.2, 0) is 4.79 Å². The third-order valence-electron chi connectivity index (χ3n) is 2.63. The normalized spacial score (nSPS) is 12.6. The average Bonchev–Trinajstić information content (AvgIpc) is 2.39. The summed E-state index contributed by atoms with van der Waals surface area (Å²) in [5.74, 6) is -0.631. The van der Waals surface area contributed by atoms with E-state index in [0.717, 1.165) is 0 Å². The van der Waals surface area contributed by atoms with Crippen LogP contribution in [0.1, 0.15) is 31.1 Å². The number of aliphatic hydroxyl groups is 1. The van der Waals surface area contributed by atoms with Crippen molar-refractivity contribution >= 4 is 11.8 Å². The number of benzene rings is 1. The van der Waals surface area contributed by atoms with Crippen LogP contribution in [0.25, 0.3) is 0 Å². The number of hydrogen-bond acceptors (Lipinski definition) is 3. The summed E-state index contributed by atoms with van der Waals surface area (Å²) in [4.78, 5) is 23.7. The van der Waals surface area contributed by atoms with Crippen molar-refractivity contribution in [2.75, 3.05) is 6.61 Å². The number of hydrogen-bond donors (Lipinski definition) is 3. The second-order valence-electron chi connectivity index (χ2n) is 5.09. The molecule has 1 aromatic rings. The number of carbonyl (C=O) groups is 2. The maximum absolute atomic E-state index is 11.9. The Morgan fingerprint density at radius 3 is 2.37 bits per heavy atom. The van der Waals surface area contributed by atoms with Crippen molar-refractivity contribution in [3.05, 3.63) is 35.9 Å². The Labute approximate surface area is 113 Å². The largest absolute Gasteiger partial charge is 0.394 e. The molecule has 1 atom stereocenters. The molecule has 0 spiro atoms. The fourth-order valence-electron chi connectivity index (χ4n) is 1.42. The maximum Gasteiger partial charge on any atom is 0.251 e. The number of carbonyl (C=O) groups excluding carboxylic acids is 2. The summed E-state index contributed by atoms with van der Waals surface area (Å²) in [6.07, 6.45) is 0. The third kappa shape index (κ3) is 4.71. The maximum atomic E-state index is 11.9. The summed E-state index contributed by atoms with van der Waals surface area (Å²) in [6, 6.07) is 8.02. The monoisotopic (exact) mass is 264 g/mol. The predicted molar refractivity (Wildman–Crippen MR) is 72.7 cm³/mol. The molecular formula is C14H20N2O3. The molecule has 0 radical (unpaired) electrons. The van der Waals surface area contributed by atoms with Gasteiger partial charge in [-0.2, -0.15) is 0 Å². The van der Waals surface area contributed by atoms with Crippen molar-refractivity contribution in [1.82, 2.24) is 10.6 Å². The first-order chi connectivity index (χ1) is 8.85. The molecule has 0 aliphatic heterocycles. The smallest absolute Gasteiger partial charge is 0.251 e. The molecule has 0 bridgehead atoms. The first kappa shape index (κ1) is 15.2. The minimum absolute atomic E-state index is 0.169. The summed E-state index contributed by atoms with van der Waals surface area (Å²) in [5.41, 5.74) is -0.202. The lowest BCUT2D eigenvalue weighted by molar-refractivity contribution is -0.124. The SMILES string of the molecule is CC(NC(=O)c1ccccc1)C(=O)NC(C)(C)CO. The minimum Gasteiger partial charge on any atom is -0.394 e. The fourth-order valence-corrected chi connectivity index (χ4v) is 1.42. The van der Waals surface area contributed by atoms with Crippen molar-refractivity contribution < 1.29 is 14.7 Å². The Morgan fingerprint density at radius 1 is 1.26 bits per heavy atom. The molecule has 104 valence electrons. The molecule has 0 aliphatic rings. The summed E-state index contributed by atoms with van der Waals surface area (Å²) in [7, 11) is 0. The van der Waals surface area contributed by atoms with Gasteiger partial charge in [0, 0.05) is 5.56 Å². The third-order valence-corrected chi connectivity index (χ3v) is 2.63. The van der Waals surface area contributed by atoms with E-state index in [0.29, 0.717) is 5.56 Å². The average molecular weight is 264 g/mol. The minimum atomic E-state index is -0.706. The molecule has 1 unspecified atom stereocenters. The molecular weight excluding hydrogens is 244 g/mol. The van der Waals surface area contributed by atoms with E-state index in [4.69, 9.17) is 5.11 Å². The lowest BCUT2D eigenvalue weighted by Crippen LogP contribution is -2.53. The molecule has 0 saturated carbocycles. The van der Waals surface area contributed by atoms with E-state index in [9.17, 15) is 9.59 Å². The van der Waals surface area contributed by atoms with Crippen molar-refractivity contribution in [3.63, 3.8) is 0 Å². The first-order valence-corrected chi connectivity index (χ1v) is 6.14. The van der Waals surface area contributed by atoms with Crippen LogP contribution in [0.5, 0.6) is 0 Å². The molecule has 3 N–H and O–H groups in total. The van der Waals surface area contributed by atoms with Crippen LogP contribution in [0, 0.1) is 0 Å². The van der Waals surface area contributed by atoms with Gasteiger partial charge in [0.25, 0.3) is 5.91 Å². The van der Waals surface area contributed by atoms with E-state index >= 15 is 0 Å². The van der Waals surface area contributed by atoms with Gasteiger partial charge in [0.05, 0.1) is 12.1 Å². The Hall–Kier alpha value is -1.88. The molecule has 1 rings (SSSR count). The lowest BCUT2D eigenvalue weighted by Gasteiger charge is -2.25. The highest BCUT2D eigenvalue weighted by atomic mass is 16.3. The van der Waals surface area contributed by atoms with Gasteiger partial charge in [-0.1, -0.05) is 18.2 Å². The van der Waals surface area contributed by atoms with Gasteiger partial charge in [-0.15, -0.1) is 0 Å². The van der Waals surface area contributed by atoms with Crippen LogP contribution < -0.4 is 10.6 Å². The topological polar surface area (TPSA) is 78.4 Å². The van der Waals surface area contributed by atoms with E-state index in [2.05, 4.69) is 10.6 Å². The summed E-state index contributed by atoms with van der Waals surface area (Å²) < 4.78 is 0.